The molecule has 1 unspecified atom stereocenters. The Morgan fingerprint density at radius 1 is 1.26 bits per heavy atom. The maximum Gasteiger partial charge on any atom is 0.416 e. The van der Waals surface area contributed by atoms with Crippen molar-refractivity contribution in [1.82, 2.24) is 10.6 Å². The van der Waals surface area contributed by atoms with Gasteiger partial charge in [-0.3, -0.25) is 0 Å². The van der Waals surface area contributed by atoms with Crippen LogP contribution in [0.5, 0.6) is 0 Å². The third-order valence-electron chi connectivity index (χ3n) is 3.76. The first-order valence-corrected chi connectivity index (χ1v) is 7.65. The van der Waals surface area contributed by atoms with E-state index in [-0.39, 0.29) is 18.1 Å². The molecule has 0 aromatic heterocycles. The molecule has 7 heteroatoms. The second-order valence-electron chi connectivity index (χ2n) is 5.80. The van der Waals surface area contributed by atoms with Crippen LogP contribution in [0.1, 0.15) is 30.9 Å². The van der Waals surface area contributed by atoms with Crippen molar-refractivity contribution < 1.29 is 22.7 Å². The predicted molar refractivity (Wildman–Crippen MR) is 80.1 cm³/mol. The summed E-state index contributed by atoms with van der Waals surface area (Å²) >= 11 is 0. The first-order valence-electron chi connectivity index (χ1n) is 7.65. The molecular weight excluding hydrogens is 309 g/mol. The zero-order valence-electron chi connectivity index (χ0n) is 13.0. The molecule has 1 heterocycles. The van der Waals surface area contributed by atoms with Crippen LogP contribution in [-0.2, 0) is 17.3 Å². The van der Waals surface area contributed by atoms with E-state index in [4.69, 9.17) is 4.74 Å². The van der Waals surface area contributed by atoms with E-state index < -0.39 is 11.7 Å². The van der Waals surface area contributed by atoms with E-state index in [0.29, 0.717) is 19.6 Å². The quantitative estimate of drug-likeness (QED) is 0.891. The Labute approximate surface area is 133 Å². The second kappa shape index (κ2) is 7.68. The summed E-state index contributed by atoms with van der Waals surface area (Å²) < 4.78 is 42.7. The molecule has 1 aromatic carbocycles. The van der Waals surface area contributed by atoms with Crippen molar-refractivity contribution in [1.29, 1.82) is 0 Å². The summed E-state index contributed by atoms with van der Waals surface area (Å²) in [4.78, 5) is 11.9. The van der Waals surface area contributed by atoms with Gasteiger partial charge in [-0.2, -0.15) is 13.2 Å². The van der Waals surface area contributed by atoms with E-state index in [9.17, 15) is 18.0 Å². The maximum atomic E-state index is 12.5. The van der Waals surface area contributed by atoms with Gasteiger partial charge in [-0.25, -0.2) is 4.79 Å². The van der Waals surface area contributed by atoms with Crippen LogP contribution in [0.25, 0.3) is 0 Å². The summed E-state index contributed by atoms with van der Waals surface area (Å²) in [5.74, 6) is 0. The van der Waals surface area contributed by atoms with Crippen molar-refractivity contribution in [3.05, 3.63) is 35.4 Å². The number of rotatable bonds is 4. The van der Waals surface area contributed by atoms with Gasteiger partial charge in [0.2, 0.25) is 0 Å². The molecule has 1 saturated heterocycles. The minimum absolute atomic E-state index is 0.113. The number of alkyl halides is 3. The highest BCUT2D eigenvalue weighted by Gasteiger charge is 2.30. The smallest absolute Gasteiger partial charge is 0.381 e. The number of ether oxygens (including phenoxy) is 1. The number of benzene rings is 1. The van der Waals surface area contributed by atoms with Gasteiger partial charge in [0.1, 0.15) is 0 Å². The molecule has 128 valence electrons. The largest absolute Gasteiger partial charge is 0.416 e. The summed E-state index contributed by atoms with van der Waals surface area (Å²) in [5.41, 5.74) is 0.0796. The van der Waals surface area contributed by atoms with Crippen molar-refractivity contribution in [3.63, 3.8) is 0 Å². The van der Waals surface area contributed by atoms with Gasteiger partial charge < -0.3 is 15.4 Å². The van der Waals surface area contributed by atoms with Gasteiger partial charge >= 0.3 is 12.2 Å². The molecule has 1 aromatic rings. The molecule has 0 saturated carbocycles. The fraction of sp³-hybridized carbons (Fsp3) is 0.562. The molecule has 1 atom stereocenters. The molecular formula is C16H21F3N2O2. The Morgan fingerprint density at radius 3 is 2.43 bits per heavy atom. The second-order valence-corrected chi connectivity index (χ2v) is 5.80. The molecule has 23 heavy (non-hydrogen) atoms. The zero-order valence-corrected chi connectivity index (χ0v) is 13.0. The zero-order chi connectivity index (χ0) is 16.9. The Bertz CT molecular complexity index is 511. The Morgan fingerprint density at radius 2 is 1.87 bits per heavy atom. The highest BCUT2D eigenvalue weighted by Crippen LogP contribution is 2.29. The highest BCUT2D eigenvalue weighted by molar-refractivity contribution is 5.74. The number of carbonyl (C=O) groups excluding carboxylic acids is 1. The summed E-state index contributed by atoms with van der Waals surface area (Å²) in [6, 6.07) is 4.69. The third kappa shape index (κ3) is 5.74. The van der Waals surface area contributed by atoms with Crippen LogP contribution >= 0.6 is 0 Å². The van der Waals surface area contributed by atoms with Gasteiger partial charge in [-0.1, -0.05) is 12.1 Å². The van der Waals surface area contributed by atoms with Gasteiger partial charge in [-0.05, 0) is 43.9 Å². The van der Waals surface area contributed by atoms with E-state index >= 15 is 0 Å². The average Bonchev–Trinajstić information content (AvgIpc) is 2.47. The summed E-state index contributed by atoms with van der Waals surface area (Å²) in [6.45, 7) is 3.11. The third-order valence-corrected chi connectivity index (χ3v) is 3.76. The lowest BCUT2D eigenvalue weighted by Crippen LogP contribution is -2.47. The maximum absolute atomic E-state index is 12.5. The predicted octanol–water partition coefficient (Wildman–Crippen LogP) is 3.11. The van der Waals surface area contributed by atoms with Gasteiger partial charge in [0, 0.05) is 25.3 Å². The molecule has 0 aliphatic carbocycles. The molecule has 2 amide bonds. The van der Waals surface area contributed by atoms with Gasteiger partial charge in [0.05, 0.1) is 5.56 Å². The fourth-order valence-corrected chi connectivity index (χ4v) is 2.53. The van der Waals surface area contributed by atoms with Crippen molar-refractivity contribution in [2.24, 2.45) is 0 Å². The lowest BCUT2D eigenvalue weighted by Gasteiger charge is -2.24. The van der Waals surface area contributed by atoms with Gasteiger partial charge in [0.15, 0.2) is 0 Å². The molecule has 1 aliphatic rings. The Kier molecular flexibility index (Phi) is 5.87. The first kappa shape index (κ1) is 17.6. The topological polar surface area (TPSA) is 50.4 Å². The number of nitrogens with one attached hydrogen (secondary N) is 2. The van der Waals surface area contributed by atoms with E-state index in [1.165, 1.54) is 12.1 Å². The van der Waals surface area contributed by atoms with E-state index in [1.54, 1.807) is 0 Å². The molecule has 1 fully saturated rings. The molecule has 4 nitrogen and oxygen atoms in total. The monoisotopic (exact) mass is 330 g/mol. The van der Waals surface area contributed by atoms with Crippen LogP contribution in [0.2, 0.25) is 0 Å². The number of halogens is 3. The number of hydrogen-bond acceptors (Lipinski definition) is 2. The summed E-state index contributed by atoms with van der Waals surface area (Å²) in [5, 5.41) is 5.69. The Hall–Kier alpha value is -1.76. The molecule has 2 rings (SSSR count). The summed E-state index contributed by atoms with van der Waals surface area (Å²) in [7, 11) is 0. The normalized spacial score (nSPS) is 17.6. The van der Waals surface area contributed by atoms with Gasteiger partial charge in [-0.15, -0.1) is 0 Å². The van der Waals surface area contributed by atoms with E-state index in [1.807, 2.05) is 6.92 Å². The van der Waals surface area contributed by atoms with Crippen LogP contribution < -0.4 is 10.6 Å². The van der Waals surface area contributed by atoms with Crippen LogP contribution in [0.15, 0.2) is 24.3 Å². The minimum atomic E-state index is -4.33. The number of carbonyl (C=O) groups is 1. The Balaban J connectivity index is 1.79. The first-order chi connectivity index (χ1) is 10.8. The van der Waals surface area contributed by atoms with Gasteiger partial charge in [0.25, 0.3) is 0 Å². The van der Waals surface area contributed by atoms with Crippen LogP contribution in [0, 0.1) is 0 Å². The number of hydrogen-bond donors (Lipinski definition) is 2. The number of urea groups is 1. The van der Waals surface area contributed by atoms with Crippen LogP contribution in [0.3, 0.4) is 0 Å². The molecule has 1 aliphatic heterocycles. The molecule has 0 spiro atoms. The SMILES string of the molecule is CC(Cc1ccc(C(F)(F)F)cc1)NC(=O)NC1CCOCC1. The lowest BCUT2D eigenvalue weighted by atomic mass is 10.0. The molecule has 0 bridgehead atoms. The van der Waals surface area contributed by atoms with Crippen molar-refractivity contribution in [3.8, 4) is 0 Å². The highest BCUT2D eigenvalue weighted by atomic mass is 19.4. The van der Waals surface area contributed by atoms with Crippen molar-refractivity contribution in [2.75, 3.05) is 13.2 Å². The number of amides is 2. The molecule has 0 radical (unpaired) electrons. The van der Waals surface area contributed by atoms with Crippen LogP contribution in [-0.4, -0.2) is 31.3 Å². The van der Waals surface area contributed by atoms with Crippen molar-refractivity contribution in [2.45, 2.75) is 44.4 Å². The van der Waals surface area contributed by atoms with E-state index in [0.717, 1.165) is 30.5 Å². The summed E-state index contributed by atoms with van der Waals surface area (Å²) in [6.07, 6.45) is -2.27. The average molecular weight is 330 g/mol. The lowest BCUT2D eigenvalue weighted by molar-refractivity contribution is -0.137. The minimum Gasteiger partial charge on any atom is -0.381 e. The fourth-order valence-electron chi connectivity index (χ4n) is 2.53. The standard InChI is InChI=1S/C16H21F3N2O2/c1-11(20-15(22)21-14-6-8-23-9-7-14)10-12-2-4-13(5-3-12)16(17,18)19/h2-5,11,14H,6-10H2,1H3,(H2,20,21,22). The van der Waals surface area contributed by atoms with Crippen LogP contribution in [0.4, 0.5) is 18.0 Å². The van der Waals surface area contributed by atoms with Crippen molar-refractivity contribution >= 4 is 6.03 Å². The van der Waals surface area contributed by atoms with E-state index in [2.05, 4.69) is 10.6 Å². The molecule has 2 N–H and O–H groups in total.